The lowest BCUT2D eigenvalue weighted by molar-refractivity contribution is -0.122. The molecule has 1 aromatic rings. The minimum Gasteiger partial charge on any atom is -0.508 e. The molecule has 0 spiro atoms. The van der Waals surface area contributed by atoms with Gasteiger partial charge >= 0.3 is 0 Å². The van der Waals surface area contributed by atoms with Crippen molar-refractivity contribution in [3.8, 4) is 5.75 Å². The van der Waals surface area contributed by atoms with Crippen molar-refractivity contribution in [1.82, 2.24) is 10.6 Å². The van der Waals surface area contributed by atoms with Crippen LogP contribution in [0.15, 0.2) is 18.2 Å². The van der Waals surface area contributed by atoms with E-state index in [2.05, 4.69) is 10.6 Å². The molecule has 18 heavy (non-hydrogen) atoms. The van der Waals surface area contributed by atoms with Crippen molar-refractivity contribution in [2.24, 2.45) is 0 Å². The first-order chi connectivity index (χ1) is 8.56. The number of aromatic hydroxyl groups is 1. The maximum Gasteiger partial charge on any atom is 0.251 e. The average Bonchev–Trinajstić information content (AvgIpc) is 2.32. The highest BCUT2D eigenvalue weighted by Gasteiger charge is 2.20. The zero-order valence-electron chi connectivity index (χ0n) is 10.2. The molecule has 1 aliphatic rings. The lowest BCUT2D eigenvalue weighted by atomic mass is 10.0. The second-order valence-electron chi connectivity index (χ2n) is 4.51. The molecule has 1 heterocycles. The van der Waals surface area contributed by atoms with Crippen LogP contribution in [-0.4, -0.2) is 29.5 Å². The van der Waals surface area contributed by atoms with Crippen LogP contribution in [0.1, 0.15) is 28.8 Å². The van der Waals surface area contributed by atoms with Gasteiger partial charge in [0.2, 0.25) is 5.91 Å². The molecule has 0 bridgehead atoms. The van der Waals surface area contributed by atoms with Gasteiger partial charge in [0.05, 0.1) is 0 Å². The molecule has 96 valence electrons. The summed E-state index contributed by atoms with van der Waals surface area (Å²) >= 11 is 0. The summed E-state index contributed by atoms with van der Waals surface area (Å²) in [6.07, 6.45) is 1.11. The maximum atomic E-state index is 12.0. The predicted octanol–water partition coefficient (Wildman–Crippen LogP) is 0.709. The molecule has 1 saturated heterocycles. The highest BCUT2D eigenvalue weighted by molar-refractivity contribution is 5.96. The Morgan fingerprint density at radius 1 is 1.50 bits per heavy atom. The fourth-order valence-electron chi connectivity index (χ4n) is 2.02. The largest absolute Gasteiger partial charge is 0.508 e. The molecule has 1 fully saturated rings. The number of hydrogen-bond donors (Lipinski definition) is 3. The highest BCUT2D eigenvalue weighted by Crippen LogP contribution is 2.16. The van der Waals surface area contributed by atoms with Crippen LogP contribution in [0.4, 0.5) is 0 Å². The smallest absolute Gasteiger partial charge is 0.251 e. The van der Waals surface area contributed by atoms with Crippen molar-refractivity contribution in [3.05, 3.63) is 29.3 Å². The molecule has 0 aromatic heterocycles. The van der Waals surface area contributed by atoms with Crippen molar-refractivity contribution in [3.63, 3.8) is 0 Å². The normalized spacial score (nSPS) is 19.2. The summed E-state index contributed by atoms with van der Waals surface area (Å²) in [6.45, 7) is 2.25. The molecule has 1 aliphatic heterocycles. The van der Waals surface area contributed by atoms with Crippen LogP contribution in [0.25, 0.3) is 0 Å². The summed E-state index contributed by atoms with van der Waals surface area (Å²) in [7, 11) is 0. The molecule has 0 aliphatic carbocycles. The molecular weight excluding hydrogens is 232 g/mol. The van der Waals surface area contributed by atoms with E-state index < -0.39 is 0 Å². The van der Waals surface area contributed by atoms with E-state index in [4.69, 9.17) is 0 Å². The summed E-state index contributed by atoms with van der Waals surface area (Å²) in [4.78, 5) is 23.0. The van der Waals surface area contributed by atoms with E-state index in [-0.39, 0.29) is 23.6 Å². The number of carbonyl (C=O) groups is 2. The third-order valence-corrected chi connectivity index (χ3v) is 3.06. The summed E-state index contributed by atoms with van der Waals surface area (Å²) < 4.78 is 0. The second kappa shape index (κ2) is 5.08. The SMILES string of the molecule is Cc1cc(O)ccc1C(=O)NC1CCC(=O)NC1. The molecule has 2 amide bonds. The summed E-state index contributed by atoms with van der Waals surface area (Å²) in [5.41, 5.74) is 1.28. The van der Waals surface area contributed by atoms with Gasteiger partial charge in [-0.1, -0.05) is 0 Å². The van der Waals surface area contributed by atoms with Crippen molar-refractivity contribution < 1.29 is 14.7 Å². The number of amides is 2. The molecule has 1 aromatic carbocycles. The topological polar surface area (TPSA) is 78.4 Å². The number of carbonyl (C=O) groups excluding carboxylic acids is 2. The highest BCUT2D eigenvalue weighted by atomic mass is 16.3. The number of aryl methyl sites for hydroxylation is 1. The molecule has 5 heteroatoms. The van der Waals surface area contributed by atoms with E-state index in [1.807, 2.05) is 0 Å². The molecular formula is C13H16N2O3. The third-order valence-electron chi connectivity index (χ3n) is 3.06. The second-order valence-corrected chi connectivity index (χ2v) is 4.51. The Morgan fingerprint density at radius 3 is 2.89 bits per heavy atom. The van der Waals surface area contributed by atoms with E-state index in [9.17, 15) is 14.7 Å². The summed E-state index contributed by atoms with van der Waals surface area (Å²) in [5, 5.41) is 14.9. The number of phenolic OH excluding ortho intramolecular Hbond substituents is 1. The Labute approximate surface area is 105 Å². The van der Waals surface area contributed by atoms with E-state index in [1.54, 1.807) is 19.1 Å². The van der Waals surface area contributed by atoms with Crippen LogP contribution in [0.5, 0.6) is 5.75 Å². The number of benzene rings is 1. The Kier molecular flexibility index (Phi) is 3.50. The Bertz CT molecular complexity index is 475. The molecule has 2 rings (SSSR count). The zero-order chi connectivity index (χ0) is 13.1. The molecule has 3 N–H and O–H groups in total. The molecule has 5 nitrogen and oxygen atoms in total. The molecule has 1 unspecified atom stereocenters. The number of phenols is 1. The molecule has 0 saturated carbocycles. The van der Waals surface area contributed by atoms with Gasteiger partial charge in [-0.05, 0) is 37.1 Å². The number of nitrogens with one attached hydrogen (secondary N) is 2. The fourth-order valence-corrected chi connectivity index (χ4v) is 2.02. The van der Waals surface area contributed by atoms with Crippen LogP contribution in [0.3, 0.4) is 0 Å². The van der Waals surface area contributed by atoms with E-state index >= 15 is 0 Å². The average molecular weight is 248 g/mol. The van der Waals surface area contributed by atoms with Crippen molar-refractivity contribution in [2.45, 2.75) is 25.8 Å². The first kappa shape index (κ1) is 12.4. The van der Waals surface area contributed by atoms with Crippen molar-refractivity contribution >= 4 is 11.8 Å². The summed E-state index contributed by atoms with van der Waals surface area (Å²) in [5.74, 6) is 0.00365. The monoisotopic (exact) mass is 248 g/mol. The van der Waals surface area contributed by atoms with Gasteiger partial charge in [-0.2, -0.15) is 0 Å². The van der Waals surface area contributed by atoms with Gasteiger partial charge in [-0.3, -0.25) is 9.59 Å². The van der Waals surface area contributed by atoms with Gasteiger partial charge in [-0.15, -0.1) is 0 Å². The van der Waals surface area contributed by atoms with E-state index in [0.717, 1.165) is 5.56 Å². The van der Waals surface area contributed by atoms with Crippen LogP contribution in [-0.2, 0) is 4.79 Å². The van der Waals surface area contributed by atoms with Crippen LogP contribution in [0, 0.1) is 6.92 Å². The van der Waals surface area contributed by atoms with E-state index in [0.29, 0.717) is 24.9 Å². The standard InChI is InChI=1S/C13H16N2O3/c1-8-6-10(16)3-4-11(8)13(18)15-9-2-5-12(17)14-7-9/h3-4,6,9,16H,2,5,7H2,1H3,(H,14,17)(H,15,18). The van der Waals surface area contributed by atoms with Gasteiger partial charge in [-0.25, -0.2) is 0 Å². The zero-order valence-corrected chi connectivity index (χ0v) is 10.2. The predicted molar refractivity (Wildman–Crippen MR) is 66.3 cm³/mol. The summed E-state index contributed by atoms with van der Waals surface area (Å²) in [6, 6.07) is 4.62. The Morgan fingerprint density at radius 2 is 2.28 bits per heavy atom. The quantitative estimate of drug-likeness (QED) is 0.721. The maximum absolute atomic E-state index is 12.0. The van der Waals surface area contributed by atoms with Gasteiger partial charge in [0.1, 0.15) is 5.75 Å². The van der Waals surface area contributed by atoms with E-state index in [1.165, 1.54) is 6.07 Å². The van der Waals surface area contributed by atoms with Crippen LogP contribution >= 0.6 is 0 Å². The first-order valence-electron chi connectivity index (χ1n) is 5.93. The number of hydrogen-bond acceptors (Lipinski definition) is 3. The Hall–Kier alpha value is -2.04. The number of piperidine rings is 1. The number of rotatable bonds is 2. The fraction of sp³-hybridized carbons (Fsp3) is 0.385. The minimum absolute atomic E-state index is 0.0246. The minimum atomic E-state index is -0.173. The van der Waals surface area contributed by atoms with Crippen molar-refractivity contribution in [1.29, 1.82) is 0 Å². The van der Waals surface area contributed by atoms with Crippen molar-refractivity contribution in [2.75, 3.05) is 6.54 Å². The van der Waals surface area contributed by atoms with Gasteiger partial charge in [0.25, 0.3) is 5.91 Å². The third kappa shape index (κ3) is 2.80. The Balaban J connectivity index is 2.01. The lowest BCUT2D eigenvalue weighted by Gasteiger charge is -2.23. The molecule has 0 radical (unpaired) electrons. The van der Waals surface area contributed by atoms with Gasteiger partial charge in [0, 0.05) is 24.6 Å². The van der Waals surface area contributed by atoms with Crippen LogP contribution in [0.2, 0.25) is 0 Å². The molecule has 1 atom stereocenters. The van der Waals surface area contributed by atoms with Gasteiger partial charge < -0.3 is 15.7 Å². The van der Waals surface area contributed by atoms with Gasteiger partial charge in [0.15, 0.2) is 0 Å². The van der Waals surface area contributed by atoms with Crippen LogP contribution < -0.4 is 10.6 Å². The lowest BCUT2D eigenvalue weighted by Crippen LogP contribution is -2.47. The first-order valence-corrected chi connectivity index (χ1v) is 5.93.